The number of rotatable bonds is 4. The molecule has 0 aliphatic carbocycles. The molecule has 0 saturated heterocycles. The van der Waals surface area contributed by atoms with Crippen molar-refractivity contribution in [2.24, 2.45) is 0 Å². The zero-order valence-corrected chi connectivity index (χ0v) is 14.9. The molecule has 0 bridgehead atoms. The molecular formula is C18H16BFO2S2. The summed E-state index contributed by atoms with van der Waals surface area (Å²) in [7, 11) is -1.55. The van der Waals surface area contributed by atoms with E-state index in [1.54, 1.807) is 18.2 Å². The minimum absolute atomic E-state index is 0.284. The Hall–Kier alpha value is -1.47. The molecule has 0 aliphatic heterocycles. The van der Waals surface area contributed by atoms with Crippen LogP contribution in [-0.2, 0) is 0 Å². The highest BCUT2D eigenvalue weighted by Crippen LogP contribution is 2.40. The minimum atomic E-state index is -1.55. The predicted octanol–water partition coefficient (Wildman–Crippen LogP) is 3.77. The molecule has 24 heavy (non-hydrogen) atoms. The summed E-state index contributed by atoms with van der Waals surface area (Å²) in [6.07, 6.45) is 3.79. The molecule has 0 heterocycles. The van der Waals surface area contributed by atoms with Gasteiger partial charge in [0, 0.05) is 15.4 Å². The van der Waals surface area contributed by atoms with Gasteiger partial charge in [-0.2, -0.15) is 0 Å². The molecule has 3 rings (SSSR count). The van der Waals surface area contributed by atoms with Crippen LogP contribution in [0.15, 0.2) is 58.3 Å². The Labute approximate surface area is 149 Å². The Kier molecular flexibility index (Phi) is 5.20. The van der Waals surface area contributed by atoms with Crippen molar-refractivity contribution in [2.45, 2.75) is 9.79 Å². The van der Waals surface area contributed by atoms with E-state index in [0.29, 0.717) is 11.0 Å². The Morgan fingerprint density at radius 3 is 2.25 bits per heavy atom. The van der Waals surface area contributed by atoms with Crippen LogP contribution in [0.4, 0.5) is 4.39 Å². The summed E-state index contributed by atoms with van der Waals surface area (Å²) in [4.78, 5) is 1.62. The maximum Gasteiger partial charge on any atom is 0.489 e. The van der Waals surface area contributed by atoms with Gasteiger partial charge in [-0.25, -0.2) is 4.39 Å². The monoisotopic (exact) mass is 358 g/mol. The number of halogens is 1. The lowest BCUT2D eigenvalue weighted by molar-refractivity contribution is 0.424. The topological polar surface area (TPSA) is 40.5 Å². The third-order valence-electron chi connectivity index (χ3n) is 3.98. The van der Waals surface area contributed by atoms with E-state index in [4.69, 9.17) is 0 Å². The zero-order chi connectivity index (χ0) is 17.3. The first-order valence-electron chi connectivity index (χ1n) is 7.37. The van der Waals surface area contributed by atoms with Gasteiger partial charge in [-0.15, -0.1) is 23.5 Å². The van der Waals surface area contributed by atoms with E-state index in [1.165, 1.54) is 29.6 Å². The summed E-state index contributed by atoms with van der Waals surface area (Å²) >= 11 is 2.91. The first-order valence-corrected chi connectivity index (χ1v) is 9.82. The van der Waals surface area contributed by atoms with Gasteiger partial charge in [-0.1, -0.05) is 42.5 Å². The quantitative estimate of drug-likeness (QED) is 0.550. The summed E-state index contributed by atoms with van der Waals surface area (Å²) in [5.74, 6) is -0.284. The van der Waals surface area contributed by atoms with E-state index >= 15 is 0 Å². The molecule has 0 spiro atoms. The molecule has 0 aliphatic rings. The standard InChI is InChI=1S/C18H16BFO2S2/c1-23-17-13(8-9-14(19(21)22)18(17)24-2)16-12-6-4-3-5-11(12)7-10-15(16)20/h3-10,21-22H,1-2H3. The average Bonchev–Trinajstić information content (AvgIpc) is 2.60. The smallest absolute Gasteiger partial charge is 0.423 e. The molecular weight excluding hydrogens is 342 g/mol. The number of thioether (sulfide) groups is 2. The van der Waals surface area contributed by atoms with E-state index in [1.807, 2.05) is 36.8 Å². The van der Waals surface area contributed by atoms with Gasteiger partial charge >= 0.3 is 7.12 Å². The van der Waals surface area contributed by atoms with E-state index in [0.717, 1.165) is 26.1 Å². The zero-order valence-electron chi connectivity index (χ0n) is 13.3. The second kappa shape index (κ2) is 7.19. The van der Waals surface area contributed by atoms with Crippen LogP contribution in [0.1, 0.15) is 0 Å². The van der Waals surface area contributed by atoms with Crippen molar-refractivity contribution < 1.29 is 14.4 Å². The first kappa shape index (κ1) is 17.4. The second-order valence-electron chi connectivity index (χ2n) is 5.29. The molecule has 0 unspecified atom stereocenters. The Morgan fingerprint density at radius 1 is 0.875 bits per heavy atom. The Bertz CT molecular complexity index is 900. The molecule has 3 aromatic rings. The van der Waals surface area contributed by atoms with Crippen molar-refractivity contribution in [1.82, 2.24) is 0 Å². The van der Waals surface area contributed by atoms with E-state index in [2.05, 4.69) is 0 Å². The fourth-order valence-corrected chi connectivity index (χ4v) is 4.81. The number of hydrogen-bond donors (Lipinski definition) is 2. The Balaban J connectivity index is 2.37. The van der Waals surface area contributed by atoms with Crippen LogP contribution in [0.3, 0.4) is 0 Å². The normalized spacial score (nSPS) is 11.0. The van der Waals surface area contributed by atoms with Crippen LogP contribution in [-0.4, -0.2) is 29.7 Å². The number of benzene rings is 3. The van der Waals surface area contributed by atoms with Crippen LogP contribution in [0.5, 0.6) is 0 Å². The highest BCUT2D eigenvalue weighted by atomic mass is 32.2. The van der Waals surface area contributed by atoms with Crippen LogP contribution < -0.4 is 5.46 Å². The molecule has 0 amide bonds. The molecule has 2 N–H and O–H groups in total. The minimum Gasteiger partial charge on any atom is -0.423 e. The fourth-order valence-electron chi connectivity index (χ4n) is 2.91. The molecule has 0 aromatic heterocycles. The van der Waals surface area contributed by atoms with E-state index in [-0.39, 0.29) is 5.82 Å². The van der Waals surface area contributed by atoms with Gasteiger partial charge in [0.1, 0.15) is 5.82 Å². The van der Waals surface area contributed by atoms with Crippen molar-refractivity contribution in [3.63, 3.8) is 0 Å². The highest BCUT2D eigenvalue weighted by Gasteiger charge is 2.22. The van der Waals surface area contributed by atoms with E-state index < -0.39 is 7.12 Å². The fraction of sp³-hybridized carbons (Fsp3) is 0.111. The van der Waals surface area contributed by atoms with Crippen molar-refractivity contribution >= 4 is 46.9 Å². The summed E-state index contributed by atoms with van der Waals surface area (Å²) in [6, 6.07) is 14.4. The largest absolute Gasteiger partial charge is 0.489 e. The Morgan fingerprint density at radius 2 is 1.58 bits per heavy atom. The third-order valence-corrected chi connectivity index (χ3v) is 5.79. The van der Waals surface area contributed by atoms with Gasteiger partial charge in [0.25, 0.3) is 0 Å². The number of hydrogen-bond acceptors (Lipinski definition) is 4. The predicted molar refractivity (Wildman–Crippen MR) is 103 cm³/mol. The molecule has 3 aromatic carbocycles. The van der Waals surface area contributed by atoms with Crippen LogP contribution in [0.25, 0.3) is 21.9 Å². The molecule has 0 radical (unpaired) electrons. The molecule has 0 fully saturated rings. The maximum absolute atomic E-state index is 14.7. The molecule has 2 nitrogen and oxygen atoms in total. The van der Waals surface area contributed by atoms with Crippen molar-refractivity contribution in [3.8, 4) is 11.1 Å². The van der Waals surface area contributed by atoms with Gasteiger partial charge < -0.3 is 10.0 Å². The SMILES string of the molecule is CSc1c(B(O)O)ccc(-c2c(F)ccc3ccccc23)c1SC. The second-order valence-corrected chi connectivity index (χ2v) is 6.92. The average molecular weight is 358 g/mol. The molecule has 122 valence electrons. The summed E-state index contributed by atoms with van der Waals surface area (Å²) in [6.45, 7) is 0. The third kappa shape index (κ3) is 2.95. The molecule has 0 atom stereocenters. The van der Waals surface area contributed by atoms with Gasteiger partial charge in [-0.05, 0) is 40.4 Å². The lowest BCUT2D eigenvalue weighted by Crippen LogP contribution is -2.32. The number of fused-ring (bicyclic) bond motifs is 1. The summed E-state index contributed by atoms with van der Waals surface area (Å²) < 4.78 is 14.7. The summed E-state index contributed by atoms with van der Waals surface area (Å²) in [5, 5.41) is 21.0. The maximum atomic E-state index is 14.7. The van der Waals surface area contributed by atoms with E-state index in [9.17, 15) is 14.4 Å². The van der Waals surface area contributed by atoms with Crippen molar-refractivity contribution in [3.05, 3.63) is 54.3 Å². The summed E-state index contributed by atoms with van der Waals surface area (Å²) in [5.41, 5.74) is 1.76. The van der Waals surface area contributed by atoms with Gasteiger partial charge in [0.15, 0.2) is 0 Å². The van der Waals surface area contributed by atoms with Crippen LogP contribution in [0.2, 0.25) is 0 Å². The van der Waals surface area contributed by atoms with Crippen molar-refractivity contribution in [1.29, 1.82) is 0 Å². The highest BCUT2D eigenvalue weighted by molar-refractivity contribution is 8.01. The van der Waals surface area contributed by atoms with Gasteiger partial charge in [0.05, 0.1) is 0 Å². The van der Waals surface area contributed by atoms with Crippen LogP contribution in [0, 0.1) is 5.82 Å². The molecule has 6 heteroatoms. The molecule has 0 saturated carbocycles. The lowest BCUT2D eigenvalue weighted by atomic mass is 9.79. The van der Waals surface area contributed by atoms with Gasteiger partial charge in [-0.3, -0.25) is 0 Å². The lowest BCUT2D eigenvalue weighted by Gasteiger charge is -2.17. The van der Waals surface area contributed by atoms with Gasteiger partial charge in [0.2, 0.25) is 0 Å². The first-order chi connectivity index (χ1) is 11.6. The van der Waals surface area contributed by atoms with Crippen LogP contribution >= 0.6 is 23.5 Å². The van der Waals surface area contributed by atoms with Crippen molar-refractivity contribution in [2.75, 3.05) is 12.5 Å².